The highest BCUT2D eigenvalue weighted by Gasteiger charge is 2.32. The van der Waals surface area contributed by atoms with Gasteiger partial charge < -0.3 is 9.13 Å². The lowest BCUT2D eigenvalue weighted by Crippen LogP contribution is -2.08. The molecule has 0 atom stereocenters. The number of alkyl halides is 3. The number of nitrogens with zero attached hydrogens (tertiary/aromatic N) is 2. The molecule has 7 aromatic rings. The smallest absolute Gasteiger partial charge is 0.309 e. The molecular formula is C31H19F3N2. The van der Waals surface area contributed by atoms with E-state index in [9.17, 15) is 13.2 Å². The Morgan fingerprint density at radius 1 is 0.417 bits per heavy atom. The molecule has 0 fully saturated rings. The zero-order valence-electron chi connectivity index (χ0n) is 19.0. The van der Waals surface area contributed by atoms with Gasteiger partial charge in [-0.15, -0.1) is 0 Å². The average molecular weight is 477 g/mol. The van der Waals surface area contributed by atoms with Gasteiger partial charge in [0.1, 0.15) is 0 Å². The van der Waals surface area contributed by atoms with Gasteiger partial charge in [0.15, 0.2) is 0 Å². The normalized spacial score (nSPS) is 12.3. The Bertz CT molecular complexity index is 1700. The van der Waals surface area contributed by atoms with E-state index in [1.54, 1.807) is 0 Å². The van der Waals surface area contributed by atoms with Crippen molar-refractivity contribution in [1.82, 2.24) is 9.13 Å². The molecule has 0 aliphatic carbocycles. The van der Waals surface area contributed by atoms with E-state index in [4.69, 9.17) is 0 Å². The Morgan fingerprint density at radius 3 is 1.03 bits per heavy atom. The van der Waals surface area contributed by atoms with E-state index in [0.717, 1.165) is 43.6 Å². The van der Waals surface area contributed by atoms with Gasteiger partial charge in [-0.05, 0) is 42.5 Å². The second-order valence-electron chi connectivity index (χ2n) is 8.98. The fraction of sp³-hybridized carbons (Fsp3) is 0.0323. The summed E-state index contributed by atoms with van der Waals surface area (Å²) in [6.07, 6.45) is -4.50. The molecular weight excluding hydrogens is 457 g/mol. The third kappa shape index (κ3) is 2.99. The Balaban J connectivity index is 1.62. The molecule has 0 saturated heterocycles. The minimum absolute atomic E-state index is 0.471. The van der Waals surface area contributed by atoms with E-state index in [1.807, 2.05) is 112 Å². The molecule has 0 radical (unpaired) electrons. The number of rotatable bonds is 2. The van der Waals surface area contributed by atoms with Gasteiger partial charge >= 0.3 is 6.18 Å². The van der Waals surface area contributed by atoms with Gasteiger partial charge in [0, 0.05) is 32.9 Å². The first-order chi connectivity index (χ1) is 17.5. The van der Waals surface area contributed by atoms with Crippen molar-refractivity contribution in [3.63, 3.8) is 0 Å². The lowest BCUT2D eigenvalue weighted by atomic mass is 10.1. The van der Waals surface area contributed by atoms with E-state index >= 15 is 0 Å². The highest BCUT2D eigenvalue weighted by Crippen LogP contribution is 2.39. The minimum Gasteiger partial charge on any atom is -0.309 e. The first-order valence-electron chi connectivity index (χ1n) is 11.7. The molecule has 174 valence electrons. The molecule has 0 spiro atoms. The van der Waals surface area contributed by atoms with Gasteiger partial charge in [-0.3, -0.25) is 0 Å². The SMILES string of the molecule is FC(F)(F)c1cc(-n2c3ccccc3c3ccccc32)cc(-n2c3ccccc3c3ccccc32)c1. The van der Waals surface area contributed by atoms with E-state index in [1.165, 1.54) is 12.1 Å². The molecule has 5 aromatic carbocycles. The molecule has 0 amide bonds. The van der Waals surface area contributed by atoms with Crippen molar-refractivity contribution in [3.05, 3.63) is 121 Å². The van der Waals surface area contributed by atoms with Crippen LogP contribution in [-0.2, 0) is 6.18 Å². The highest BCUT2D eigenvalue weighted by atomic mass is 19.4. The van der Waals surface area contributed by atoms with Crippen LogP contribution in [0.4, 0.5) is 13.2 Å². The summed E-state index contributed by atoms with van der Waals surface area (Å²) in [6.45, 7) is 0. The number of aromatic nitrogens is 2. The number of halogens is 3. The van der Waals surface area contributed by atoms with Gasteiger partial charge in [-0.1, -0.05) is 72.8 Å². The topological polar surface area (TPSA) is 9.86 Å². The van der Waals surface area contributed by atoms with Gasteiger partial charge in [-0.25, -0.2) is 0 Å². The number of hydrogen-bond donors (Lipinski definition) is 0. The van der Waals surface area contributed by atoms with Crippen LogP contribution in [0.15, 0.2) is 115 Å². The number of fused-ring (bicyclic) bond motifs is 6. The third-order valence-electron chi connectivity index (χ3n) is 6.91. The molecule has 7 rings (SSSR count). The van der Waals surface area contributed by atoms with Crippen LogP contribution in [-0.4, -0.2) is 9.13 Å². The largest absolute Gasteiger partial charge is 0.416 e. The van der Waals surface area contributed by atoms with Crippen molar-refractivity contribution in [2.45, 2.75) is 6.18 Å². The standard InChI is InChI=1S/C31H19F3N2/c32-31(33,34)20-17-21(35-27-13-5-1-9-23(27)24-10-2-6-14-28(24)35)19-22(18-20)36-29-15-7-3-11-25(29)26-12-4-8-16-30(26)36/h1-19H. The van der Waals surface area contributed by atoms with Crippen LogP contribution in [0.5, 0.6) is 0 Å². The van der Waals surface area contributed by atoms with Crippen LogP contribution in [0, 0.1) is 0 Å². The predicted octanol–water partition coefficient (Wildman–Crippen LogP) is 8.90. The maximum Gasteiger partial charge on any atom is 0.416 e. The van der Waals surface area contributed by atoms with Crippen molar-refractivity contribution in [1.29, 1.82) is 0 Å². The second kappa shape index (κ2) is 7.49. The fourth-order valence-corrected chi connectivity index (χ4v) is 5.42. The molecule has 0 aliphatic rings. The highest BCUT2D eigenvalue weighted by molar-refractivity contribution is 6.10. The van der Waals surface area contributed by atoms with Crippen LogP contribution >= 0.6 is 0 Å². The Hall–Kier alpha value is -4.51. The maximum absolute atomic E-state index is 14.3. The molecule has 2 heterocycles. The predicted molar refractivity (Wildman–Crippen MR) is 140 cm³/mol. The van der Waals surface area contributed by atoms with Crippen LogP contribution < -0.4 is 0 Å². The van der Waals surface area contributed by atoms with Crippen molar-refractivity contribution in [3.8, 4) is 11.4 Å². The first kappa shape index (κ1) is 20.8. The van der Waals surface area contributed by atoms with Crippen molar-refractivity contribution < 1.29 is 13.2 Å². The van der Waals surface area contributed by atoms with Gasteiger partial charge in [0.05, 0.1) is 27.6 Å². The van der Waals surface area contributed by atoms with E-state index < -0.39 is 11.7 Å². The number of para-hydroxylation sites is 4. The fourth-order valence-electron chi connectivity index (χ4n) is 5.42. The zero-order chi connectivity index (χ0) is 24.4. The third-order valence-corrected chi connectivity index (χ3v) is 6.91. The molecule has 5 heteroatoms. The number of hydrogen-bond acceptors (Lipinski definition) is 0. The molecule has 36 heavy (non-hydrogen) atoms. The zero-order valence-corrected chi connectivity index (χ0v) is 19.0. The summed E-state index contributed by atoms with van der Waals surface area (Å²) in [5, 5.41) is 4.01. The molecule has 0 bridgehead atoms. The minimum atomic E-state index is -4.50. The maximum atomic E-state index is 14.3. The molecule has 0 aliphatic heterocycles. The molecule has 2 aromatic heterocycles. The Labute approximate surface area is 204 Å². The monoisotopic (exact) mass is 476 g/mol. The summed E-state index contributed by atoms with van der Waals surface area (Å²) in [5.74, 6) is 0. The van der Waals surface area contributed by atoms with Crippen LogP contribution in [0.1, 0.15) is 5.56 Å². The van der Waals surface area contributed by atoms with Crippen LogP contribution in [0.2, 0.25) is 0 Å². The van der Waals surface area contributed by atoms with Crippen LogP contribution in [0.25, 0.3) is 55.0 Å². The summed E-state index contributed by atoms with van der Waals surface area (Å²) < 4.78 is 46.7. The molecule has 2 nitrogen and oxygen atoms in total. The Kier molecular flexibility index (Phi) is 4.33. The molecule has 0 unspecified atom stereocenters. The lowest BCUT2D eigenvalue weighted by Gasteiger charge is -2.16. The summed E-state index contributed by atoms with van der Waals surface area (Å²) in [4.78, 5) is 0. The summed E-state index contributed by atoms with van der Waals surface area (Å²) in [6, 6.07) is 35.7. The van der Waals surface area contributed by atoms with Crippen LogP contribution in [0.3, 0.4) is 0 Å². The quantitative estimate of drug-likeness (QED) is 0.236. The van der Waals surface area contributed by atoms with Gasteiger partial charge in [0.25, 0.3) is 0 Å². The summed E-state index contributed by atoms with van der Waals surface area (Å²) in [7, 11) is 0. The average Bonchev–Trinajstić information content (AvgIpc) is 3.41. The van der Waals surface area contributed by atoms with Gasteiger partial charge in [-0.2, -0.15) is 13.2 Å². The van der Waals surface area contributed by atoms with Gasteiger partial charge in [0.2, 0.25) is 0 Å². The molecule has 0 N–H and O–H groups in total. The van der Waals surface area contributed by atoms with E-state index in [2.05, 4.69) is 0 Å². The first-order valence-corrected chi connectivity index (χ1v) is 11.7. The summed E-state index contributed by atoms with van der Waals surface area (Å²) in [5.41, 5.74) is 3.73. The van der Waals surface area contributed by atoms with E-state index in [-0.39, 0.29) is 0 Å². The van der Waals surface area contributed by atoms with Crippen molar-refractivity contribution in [2.75, 3.05) is 0 Å². The second-order valence-corrected chi connectivity index (χ2v) is 8.98. The number of benzene rings is 5. The van der Waals surface area contributed by atoms with E-state index in [0.29, 0.717) is 11.4 Å². The van der Waals surface area contributed by atoms with Crippen molar-refractivity contribution in [2.24, 2.45) is 0 Å². The Morgan fingerprint density at radius 2 is 0.722 bits per heavy atom. The summed E-state index contributed by atoms with van der Waals surface area (Å²) >= 11 is 0. The van der Waals surface area contributed by atoms with Crippen molar-refractivity contribution >= 4 is 43.6 Å². The molecule has 0 saturated carbocycles. The lowest BCUT2D eigenvalue weighted by molar-refractivity contribution is -0.137.